The fourth-order valence-electron chi connectivity index (χ4n) is 2.81. The second kappa shape index (κ2) is 8.14. The van der Waals surface area contributed by atoms with Crippen LogP contribution in [-0.2, 0) is 4.79 Å². The molecule has 0 atom stereocenters. The fourth-order valence-corrected chi connectivity index (χ4v) is 3.77. The van der Waals surface area contributed by atoms with Gasteiger partial charge in [0.05, 0.1) is 9.26 Å². The number of carbonyl (C=O) groups excluding carboxylic acids is 2. The Bertz CT molecular complexity index is 933. The normalized spacial score (nSPS) is 10.3. The molecule has 0 unspecified atom stereocenters. The van der Waals surface area contributed by atoms with Gasteiger partial charge in [-0.2, -0.15) is 0 Å². The quantitative estimate of drug-likeness (QED) is 0.169. The van der Waals surface area contributed by atoms with Crippen LogP contribution in [0.25, 0.3) is 5.69 Å². The number of carbonyl (C=O) groups is 2. The minimum Gasteiger partial charge on any atom is -0.335 e. The van der Waals surface area contributed by atoms with Gasteiger partial charge in [0.2, 0.25) is 5.78 Å². The van der Waals surface area contributed by atoms with Gasteiger partial charge in [0.25, 0.3) is 0 Å². The molecule has 5 heteroatoms. The Hall–Kier alpha value is -2.67. The molecule has 0 bridgehead atoms. The van der Waals surface area contributed by atoms with Gasteiger partial charge < -0.3 is 9.47 Å². The number of aromatic nitrogens is 1. The van der Waals surface area contributed by atoms with Gasteiger partial charge in [-0.05, 0) is 46.9 Å². The van der Waals surface area contributed by atoms with Crippen LogP contribution in [0.2, 0.25) is 0 Å². The third-order valence-electron chi connectivity index (χ3n) is 3.97. The van der Waals surface area contributed by atoms with Gasteiger partial charge in [0.15, 0.2) is 6.29 Å². The zero-order valence-electron chi connectivity index (χ0n) is 14.0. The van der Waals surface area contributed by atoms with E-state index in [9.17, 15) is 9.59 Å². The van der Waals surface area contributed by atoms with Crippen molar-refractivity contribution >= 4 is 46.0 Å². The summed E-state index contributed by atoms with van der Waals surface area (Å²) in [4.78, 5) is 25.6. The third-order valence-corrected chi connectivity index (χ3v) is 5.03. The summed E-state index contributed by atoms with van der Waals surface area (Å²) in [5.74, 6) is -0.545. The second-order valence-electron chi connectivity index (χ2n) is 5.60. The summed E-state index contributed by atoms with van der Waals surface area (Å²) in [6.45, 7) is 4.42. The van der Waals surface area contributed by atoms with E-state index in [1.807, 2.05) is 72.9 Å². The highest BCUT2D eigenvalue weighted by atomic mass is 127. The van der Waals surface area contributed by atoms with E-state index >= 15 is 0 Å². The van der Waals surface area contributed by atoms with E-state index in [-0.39, 0.29) is 0 Å². The molecule has 2 aromatic carbocycles. The first kappa shape index (κ1) is 18.1. The molecule has 0 aliphatic carbocycles. The highest BCUT2D eigenvalue weighted by Crippen LogP contribution is 2.34. The summed E-state index contributed by atoms with van der Waals surface area (Å²) in [5, 5.41) is 0. The lowest BCUT2D eigenvalue weighted by molar-refractivity contribution is -0.104. The lowest BCUT2D eigenvalue weighted by Gasteiger charge is -2.22. The van der Waals surface area contributed by atoms with Crippen molar-refractivity contribution in [3.05, 3.63) is 88.8 Å². The number of rotatable bonds is 7. The van der Waals surface area contributed by atoms with Gasteiger partial charge in [-0.1, -0.05) is 42.5 Å². The molecule has 0 saturated carbocycles. The van der Waals surface area contributed by atoms with Gasteiger partial charge in [-0.25, -0.2) is 0 Å². The van der Waals surface area contributed by atoms with E-state index in [2.05, 4.69) is 34.1 Å². The molecule has 0 saturated heterocycles. The Labute approximate surface area is 165 Å². The van der Waals surface area contributed by atoms with Crippen molar-refractivity contribution in [2.75, 3.05) is 11.4 Å². The average Bonchev–Trinajstić information content (AvgIpc) is 3.04. The molecule has 0 fully saturated rings. The van der Waals surface area contributed by atoms with Gasteiger partial charge in [-0.3, -0.25) is 9.59 Å². The number of ketones is 1. The molecular formula is C21H17IN2O2. The predicted molar refractivity (Wildman–Crippen MR) is 113 cm³/mol. The van der Waals surface area contributed by atoms with Gasteiger partial charge in [0, 0.05) is 24.1 Å². The first-order chi connectivity index (χ1) is 12.7. The van der Waals surface area contributed by atoms with Gasteiger partial charge >= 0.3 is 0 Å². The Balaban J connectivity index is 2.21. The summed E-state index contributed by atoms with van der Waals surface area (Å²) >= 11 is 2.13. The van der Waals surface area contributed by atoms with Gasteiger partial charge in [-0.15, -0.1) is 6.58 Å². The van der Waals surface area contributed by atoms with Crippen molar-refractivity contribution in [1.29, 1.82) is 0 Å². The molecule has 130 valence electrons. The lowest BCUT2D eigenvalue weighted by Crippen LogP contribution is -2.17. The number of hydrogen-bond acceptors (Lipinski definition) is 3. The number of para-hydroxylation sites is 2. The molecule has 0 N–H and O–H groups in total. The van der Waals surface area contributed by atoms with Crippen LogP contribution in [0.1, 0.15) is 10.5 Å². The van der Waals surface area contributed by atoms with E-state index in [0.29, 0.717) is 18.5 Å². The van der Waals surface area contributed by atoms with Crippen molar-refractivity contribution in [2.45, 2.75) is 0 Å². The van der Waals surface area contributed by atoms with E-state index < -0.39 is 5.78 Å². The van der Waals surface area contributed by atoms with Crippen molar-refractivity contribution in [1.82, 2.24) is 4.57 Å². The highest BCUT2D eigenvalue weighted by molar-refractivity contribution is 14.1. The number of aldehydes is 1. The SMILES string of the molecule is C=CCN(c1ccccc1)c1cn(-c2ccccc2)c(C(=O)C=O)c1I. The maximum Gasteiger partial charge on any atom is 0.243 e. The number of Topliss-reactive ketones (excluding diaryl/α,β-unsaturated/α-hetero) is 1. The molecule has 0 aliphatic rings. The van der Waals surface area contributed by atoms with Crippen LogP contribution in [0, 0.1) is 3.57 Å². The van der Waals surface area contributed by atoms with Crippen molar-refractivity contribution in [3.63, 3.8) is 0 Å². The Morgan fingerprint density at radius 2 is 1.69 bits per heavy atom. The van der Waals surface area contributed by atoms with Crippen LogP contribution in [-0.4, -0.2) is 23.2 Å². The molecular weight excluding hydrogens is 439 g/mol. The number of halogens is 1. The summed E-state index contributed by atoms with van der Waals surface area (Å²) < 4.78 is 2.50. The molecule has 3 rings (SSSR count). The smallest absolute Gasteiger partial charge is 0.243 e. The molecule has 0 radical (unpaired) electrons. The standard InChI is InChI=1S/C21H17IN2O2/c1-2-13-23(16-9-5-3-6-10-16)18-14-24(17-11-7-4-8-12-17)21(20(18)22)19(26)15-25/h2-12,14-15H,1,13H2. The summed E-state index contributed by atoms with van der Waals surface area (Å²) in [5.41, 5.74) is 3.03. The molecule has 1 heterocycles. The fraction of sp³-hybridized carbons (Fsp3) is 0.0476. The molecule has 1 aromatic heterocycles. The molecule has 3 aromatic rings. The molecule has 0 aliphatic heterocycles. The Morgan fingerprint density at radius 1 is 1.08 bits per heavy atom. The second-order valence-corrected chi connectivity index (χ2v) is 6.68. The maximum absolute atomic E-state index is 12.3. The van der Waals surface area contributed by atoms with Gasteiger partial charge in [0.1, 0.15) is 5.69 Å². The van der Waals surface area contributed by atoms with Crippen LogP contribution in [0.15, 0.2) is 79.5 Å². The number of nitrogens with zero attached hydrogens (tertiary/aromatic N) is 2. The van der Waals surface area contributed by atoms with Crippen molar-refractivity contribution in [3.8, 4) is 5.69 Å². The highest BCUT2D eigenvalue weighted by Gasteiger charge is 2.24. The molecule has 4 nitrogen and oxygen atoms in total. The number of hydrogen-bond donors (Lipinski definition) is 0. The summed E-state index contributed by atoms with van der Waals surface area (Å²) in [6.07, 6.45) is 4.07. The van der Waals surface area contributed by atoms with Crippen LogP contribution < -0.4 is 4.90 Å². The van der Waals surface area contributed by atoms with E-state index in [4.69, 9.17) is 0 Å². The molecule has 0 amide bonds. The first-order valence-electron chi connectivity index (χ1n) is 8.06. The average molecular weight is 456 g/mol. The topological polar surface area (TPSA) is 42.3 Å². The molecule has 26 heavy (non-hydrogen) atoms. The Morgan fingerprint density at radius 3 is 2.27 bits per heavy atom. The zero-order chi connectivity index (χ0) is 18.5. The van der Waals surface area contributed by atoms with Crippen LogP contribution in [0.4, 0.5) is 11.4 Å². The van der Waals surface area contributed by atoms with E-state index in [0.717, 1.165) is 20.6 Å². The lowest BCUT2D eigenvalue weighted by atomic mass is 10.2. The first-order valence-corrected chi connectivity index (χ1v) is 9.14. The van der Waals surface area contributed by atoms with Crippen molar-refractivity contribution in [2.24, 2.45) is 0 Å². The van der Waals surface area contributed by atoms with E-state index in [1.54, 1.807) is 4.57 Å². The summed E-state index contributed by atoms with van der Waals surface area (Å²) in [6, 6.07) is 19.4. The number of benzene rings is 2. The minimum atomic E-state index is -0.545. The largest absolute Gasteiger partial charge is 0.335 e. The molecule has 0 spiro atoms. The van der Waals surface area contributed by atoms with Crippen LogP contribution >= 0.6 is 22.6 Å². The van der Waals surface area contributed by atoms with Crippen LogP contribution in [0.5, 0.6) is 0 Å². The predicted octanol–water partition coefficient (Wildman–Crippen LogP) is 4.79. The minimum absolute atomic E-state index is 0.362. The maximum atomic E-state index is 12.3. The monoisotopic (exact) mass is 456 g/mol. The number of anilines is 2. The Kier molecular flexibility index (Phi) is 5.68. The zero-order valence-corrected chi connectivity index (χ0v) is 16.2. The third kappa shape index (κ3) is 3.48. The summed E-state index contributed by atoms with van der Waals surface area (Å²) in [7, 11) is 0. The van der Waals surface area contributed by atoms with Crippen LogP contribution in [0.3, 0.4) is 0 Å². The van der Waals surface area contributed by atoms with Crippen molar-refractivity contribution < 1.29 is 9.59 Å². The van der Waals surface area contributed by atoms with E-state index in [1.165, 1.54) is 0 Å².